The van der Waals surface area contributed by atoms with E-state index >= 15 is 0 Å². The van der Waals surface area contributed by atoms with Crippen molar-refractivity contribution < 1.29 is 9.59 Å². The Morgan fingerprint density at radius 1 is 1.00 bits per heavy atom. The number of carbonyl (C=O) groups excluding carboxylic acids is 2. The first-order valence-corrected chi connectivity index (χ1v) is 5.86. The van der Waals surface area contributed by atoms with Crippen molar-refractivity contribution in [3.63, 3.8) is 0 Å². The molecule has 1 aromatic heterocycles. The van der Waals surface area contributed by atoms with E-state index in [4.69, 9.17) is 11.6 Å². The van der Waals surface area contributed by atoms with Crippen molar-refractivity contribution in [3.8, 4) is 5.69 Å². The highest BCUT2D eigenvalue weighted by atomic mass is 35.5. The topological polar surface area (TPSA) is 39.1 Å². The monoisotopic (exact) mass is 261 g/mol. The van der Waals surface area contributed by atoms with Crippen LogP contribution in [0.5, 0.6) is 0 Å². The highest BCUT2D eigenvalue weighted by molar-refractivity contribution is 6.32. The molecule has 1 aromatic carbocycles. The van der Waals surface area contributed by atoms with Gasteiger partial charge in [-0.05, 0) is 26.0 Å². The Morgan fingerprint density at radius 3 is 1.94 bits per heavy atom. The lowest BCUT2D eigenvalue weighted by atomic mass is 10.1. The van der Waals surface area contributed by atoms with Crippen LogP contribution in [0.2, 0.25) is 5.02 Å². The summed E-state index contributed by atoms with van der Waals surface area (Å²) in [5.74, 6) is 0. The van der Waals surface area contributed by atoms with Crippen LogP contribution in [-0.2, 0) is 0 Å². The van der Waals surface area contributed by atoms with Gasteiger partial charge in [-0.15, -0.1) is 0 Å². The molecule has 0 aliphatic rings. The molecule has 2 aromatic rings. The van der Waals surface area contributed by atoms with Crippen molar-refractivity contribution in [2.45, 2.75) is 13.8 Å². The van der Waals surface area contributed by atoms with E-state index in [0.717, 1.165) is 17.1 Å². The van der Waals surface area contributed by atoms with Crippen molar-refractivity contribution in [1.29, 1.82) is 0 Å². The molecule has 2 rings (SSSR count). The molecule has 0 N–H and O–H groups in total. The Bertz CT molecular complexity index is 597. The number of halogens is 1. The minimum atomic E-state index is 0.419. The largest absolute Gasteiger partial charge is 0.316 e. The van der Waals surface area contributed by atoms with Crippen molar-refractivity contribution in [2.75, 3.05) is 0 Å². The maximum atomic E-state index is 11.1. The zero-order valence-corrected chi connectivity index (χ0v) is 10.9. The van der Waals surface area contributed by atoms with Crippen molar-refractivity contribution >= 4 is 24.2 Å². The van der Waals surface area contributed by atoms with E-state index in [0.29, 0.717) is 28.7 Å². The van der Waals surface area contributed by atoms with Crippen LogP contribution in [0.25, 0.3) is 5.69 Å². The molecule has 4 heteroatoms. The zero-order chi connectivity index (χ0) is 13.3. The number of hydrogen-bond donors (Lipinski definition) is 0. The predicted octanol–water partition coefficient (Wildman–Crippen LogP) is 3.37. The molecule has 18 heavy (non-hydrogen) atoms. The second-order valence-electron chi connectivity index (χ2n) is 4.02. The van der Waals surface area contributed by atoms with Crippen LogP contribution in [0.15, 0.2) is 24.3 Å². The first kappa shape index (κ1) is 12.6. The smallest absolute Gasteiger partial charge is 0.152 e. The molecule has 0 amide bonds. The van der Waals surface area contributed by atoms with Gasteiger partial charge in [0.25, 0.3) is 0 Å². The van der Waals surface area contributed by atoms with Crippen LogP contribution in [0.1, 0.15) is 32.1 Å². The molecule has 92 valence electrons. The van der Waals surface area contributed by atoms with Crippen LogP contribution < -0.4 is 0 Å². The average Bonchev–Trinajstić information content (AvgIpc) is 2.61. The van der Waals surface area contributed by atoms with Gasteiger partial charge in [-0.2, -0.15) is 0 Å². The lowest BCUT2D eigenvalue weighted by Crippen LogP contribution is -2.00. The number of para-hydroxylation sites is 1. The molecule has 1 heterocycles. The van der Waals surface area contributed by atoms with Gasteiger partial charge in [0.1, 0.15) is 0 Å². The predicted molar refractivity (Wildman–Crippen MR) is 71.0 cm³/mol. The second kappa shape index (κ2) is 4.78. The highest BCUT2D eigenvalue weighted by Crippen LogP contribution is 2.28. The van der Waals surface area contributed by atoms with Crippen LogP contribution in [0.4, 0.5) is 0 Å². The quantitative estimate of drug-likeness (QED) is 0.795. The summed E-state index contributed by atoms with van der Waals surface area (Å²) in [6, 6.07) is 7.32. The van der Waals surface area contributed by atoms with Gasteiger partial charge < -0.3 is 4.57 Å². The highest BCUT2D eigenvalue weighted by Gasteiger charge is 2.18. The van der Waals surface area contributed by atoms with Gasteiger partial charge in [-0.25, -0.2) is 0 Å². The summed E-state index contributed by atoms with van der Waals surface area (Å²) < 4.78 is 1.83. The molecule has 3 nitrogen and oxygen atoms in total. The van der Waals surface area contributed by atoms with E-state index in [1.807, 2.05) is 22.8 Å². The normalized spacial score (nSPS) is 10.4. The van der Waals surface area contributed by atoms with Crippen LogP contribution in [0, 0.1) is 13.8 Å². The number of rotatable bonds is 3. The lowest BCUT2D eigenvalue weighted by Gasteiger charge is -2.11. The summed E-state index contributed by atoms with van der Waals surface area (Å²) in [4.78, 5) is 22.2. The van der Waals surface area contributed by atoms with Gasteiger partial charge >= 0.3 is 0 Å². The zero-order valence-electron chi connectivity index (χ0n) is 10.1. The molecule has 0 fully saturated rings. The molecule has 0 spiro atoms. The summed E-state index contributed by atoms with van der Waals surface area (Å²) in [7, 11) is 0. The Balaban J connectivity index is 2.81. The molecule has 0 radical (unpaired) electrons. The summed E-state index contributed by atoms with van der Waals surface area (Å²) in [5, 5.41) is 0.577. The number of carbonyl (C=O) groups is 2. The first-order chi connectivity index (χ1) is 8.61. The van der Waals surface area contributed by atoms with Gasteiger partial charge in [-0.1, -0.05) is 23.7 Å². The summed E-state index contributed by atoms with van der Waals surface area (Å²) in [6.45, 7) is 3.60. The van der Waals surface area contributed by atoms with Crippen molar-refractivity contribution in [3.05, 3.63) is 51.8 Å². The Hall–Kier alpha value is -1.87. The molecular weight excluding hydrogens is 250 g/mol. The van der Waals surface area contributed by atoms with E-state index < -0.39 is 0 Å². The number of aromatic nitrogens is 1. The standard InChI is InChI=1S/C14H12ClNO2/c1-9-11(7-17)12(8-18)10(2)16(9)14-6-4-3-5-13(14)15/h3-8H,1-2H3. The lowest BCUT2D eigenvalue weighted by molar-refractivity contribution is 0.109. The van der Waals surface area contributed by atoms with Gasteiger partial charge in [0.05, 0.1) is 10.7 Å². The van der Waals surface area contributed by atoms with Crippen molar-refractivity contribution in [1.82, 2.24) is 4.57 Å². The van der Waals surface area contributed by atoms with Gasteiger partial charge in [0.15, 0.2) is 12.6 Å². The second-order valence-corrected chi connectivity index (χ2v) is 4.43. The van der Waals surface area contributed by atoms with Crippen molar-refractivity contribution in [2.24, 2.45) is 0 Å². The maximum absolute atomic E-state index is 11.1. The van der Waals surface area contributed by atoms with Gasteiger partial charge in [0, 0.05) is 22.5 Å². The SMILES string of the molecule is Cc1c(C=O)c(C=O)c(C)n1-c1ccccc1Cl. The Morgan fingerprint density at radius 2 is 1.50 bits per heavy atom. The number of nitrogens with zero attached hydrogens (tertiary/aromatic N) is 1. The Labute approximate surface area is 110 Å². The molecule has 0 aliphatic carbocycles. The average molecular weight is 262 g/mol. The molecule has 0 unspecified atom stereocenters. The Kier molecular flexibility index (Phi) is 3.34. The van der Waals surface area contributed by atoms with E-state index in [1.54, 1.807) is 19.9 Å². The fourth-order valence-electron chi connectivity index (χ4n) is 2.17. The third-order valence-corrected chi connectivity index (χ3v) is 3.39. The fourth-order valence-corrected chi connectivity index (χ4v) is 2.39. The third-order valence-electron chi connectivity index (χ3n) is 3.07. The summed E-state index contributed by atoms with van der Waals surface area (Å²) in [6.07, 6.45) is 1.42. The molecule has 0 atom stereocenters. The van der Waals surface area contributed by atoms with Crippen LogP contribution >= 0.6 is 11.6 Å². The minimum absolute atomic E-state index is 0.419. The summed E-state index contributed by atoms with van der Waals surface area (Å²) >= 11 is 6.15. The first-order valence-electron chi connectivity index (χ1n) is 5.49. The maximum Gasteiger partial charge on any atom is 0.152 e. The van der Waals surface area contributed by atoms with E-state index in [9.17, 15) is 9.59 Å². The summed E-state index contributed by atoms with van der Waals surface area (Å²) in [5.41, 5.74) is 3.05. The number of benzene rings is 1. The number of hydrogen-bond acceptors (Lipinski definition) is 2. The molecular formula is C14H12ClNO2. The number of aldehydes is 2. The van der Waals surface area contributed by atoms with Gasteiger partial charge in [0.2, 0.25) is 0 Å². The molecule has 0 saturated carbocycles. The van der Waals surface area contributed by atoms with Crippen LogP contribution in [-0.4, -0.2) is 17.1 Å². The third kappa shape index (κ3) is 1.77. The van der Waals surface area contributed by atoms with E-state index in [2.05, 4.69) is 0 Å². The fraction of sp³-hybridized carbons (Fsp3) is 0.143. The minimum Gasteiger partial charge on any atom is -0.316 e. The van der Waals surface area contributed by atoms with E-state index in [1.165, 1.54) is 0 Å². The van der Waals surface area contributed by atoms with Crippen LogP contribution in [0.3, 0.4) is 0 Å². The molecule has 0 aliphatic heterocycles. The molecule has 0 saturated heterocycles. The van der Waals surface area contributed by atoms with Gasteiger partial charge in [-0.3, -0.25) is 9.59 Å². The van der Waals surface area contributed by atoms with E-state index in [-0.39, 0.29) is 0 Å². The molecule has 0 bridgehead atoms.